The predicted molar refractivity (Wildman–Crippen MR) is 42.4 cm³/mol. The maximum absolute atomic E-state index is 10.7. The average Bonchev–Trinajstić information content (AvgIpc) is 1.98. The largest absolute Gasteiger partial charge is 0.459 e. The van der Waals surface area contributed by atoms with Gasteiger partial charge < -0.3 is 4.74 Å². The van der Waals surface area contributed by atoms with Gasteiger partial charge in [-0.25, -0.2) is 4.79 Å². The SMILES string of the molecule is CC(C)COC(=O)C(Cl)[N+](=O)[O-]. The number of carbonyl (C=O) groups excluding carboxylic acids is 1. The number of carbonyl (C=O) groups is 1. The minimum Gasteiger partial charge on any atom is -0.459 e. The predicted octanol–water partition coefficient (Wildman–Crippen LogP) is 1.03. The van der Waals surface area contributed by atoms with Crippen molar-refractivity contribution in [2.24, 2.45) is 5.92 Å². The van der Waals surface area contributed by atoms with Gasteiger partial charge in [0.15, 0.2) is 0 Å². The molecule has 0 fully saturated rings. The Labute approximate surface area is 74.8 Å². The monoisotopic (exact) mass is 195 g/mol. The van der Waals surface area contributed by atoms with Crippen LogP contribution in [0.25, 0.3) is 0 Å². The van der Waals surface area contributed by atoms with Gasteiger partial charge in [0.1, 0.15) is 0 Å². The van der Waals surface area contributed by atoms with Gasteiger partial charge in [0.05, 0.1) is 11.5 Å². The van der Waals surface area contributed by atoms with Crippen LogP contribution in [0.1, 0.15) is 13.8 Å². The van der Waals surface area contributed by atoms with E-state index in [1.807, 2.05) is 13.8 Å². The zero-order valence-corrected chi connectivity index (χ0v) is 7.58. The lowest BCUT2D eigenvalue weighted by Gasteiger charge is -2.06. The number of esters is 1. The Morgan fingerprint density at radius 2 is 2.17 bits per heavy atom. The van der Waals surface area contributed by atoms with E-state index >= 15 is 0 Å². The van der Waals surface area contributed by atoms with Gasteiger partial charge in [0.2, 0.25) is 0 Å². The molecule has 0 saturated heterocycles. The van der Waals surface area contributed by atoms with Crippen LogP contribution in [-0.2, 0) is 9.53 Å². The fourth-order valence-electron chi connectivity index (χ4n) is 0.404. The number of ether oxygens (including phenoxy) is 1. The summed E-state index contributed by atoms with van der Waals surface area (Å²) in [7, 11) is 0. The number of nitro groups is 1. The molecular formula is C6H10ClNO4. The van der Waals surface area contributed by atoms with E-state index in [-0.39, 0.29) is 12.5 Å². The third kappa shape index (κ3) is 4.12. The first-order valence-corrected chi connectivity index (χ1v) is 3.83. The molecule has 0 radical (unpaired) electrons. The number of nitrogens with zero attached hydrogens (tertiary/aromatic N) is 1. The molecule has 0 aliphatic rings. The minimum absolute atomic E-state index is 0.143. The summed E-state index contributed by atoms with van der Waals surface area (Å²) >= 11 is 5.08. The van der Waals surface area contributed by atoms with Crippen molar-refractivity contribution in [1.82, 2.24) is 0 Å². The van der Waals surface area contributed by atoms with Gasteiger partial charge in [0, 0.05) is 0 Å². The molecule has 0 aromatic heterocycles. The van der Waals surface area contributed by atoms with E-state index in [0.29, 0.717) is 0 Å². The molecule has 0 aliphatic heterocycles. The van der Waals surface area contributed by atoms with Crippen molar-refractivity contribution in [2.45, 2.75) is 19.3 Å². The van der Waals surface area contributed by atoms with Crippen molar-refractivity contribution < 1.29 is 14.5 Å². The van der Waals surface area contributed by atoms with E-state index in [2.05, 4.69) is 4.74 Å². The summed E-state index contributed by atoms with van der Waals surface area (Å²) in [5.41, 5.74) is -1.79. The van der Waals surface area contributed by atoms with Gasteiger partial charge in [-0.3, -0.25) is 10.1 Å². The average molecular weight is 196 g/mol. The molecular weight excluding hydrogens is 186 g/mol. The van der Waals surface area contributed by atoms with Crippen LogP contribution < -0.4 is 0 Å². The first-order valence-electron chi connectivity index (χ1n) is 3.39. The Morgan fingerprint density at radius 3 is 2.50 bits per heavy atom. The van der Waals surface area contributed by atoms with Crippen molar-refractivity contribution >= 4 is 17.6 Å². The summed E-state index contributed by atoms with van der Waals surface area (Å²) in [6.07, 6.45) is 0. The second-order valence-corrected chi connectivity index (χ2v) is 3.06. The molecule has 0 aromatic rings. The molecule has 0 rings (SSSR count). The lowest BCUT2D eigenvalue weighted by molar-refractivity contribution is -0.487. The van der Waals surface area contributed by atoms with Gasteiger partial charge in [0.25, 0.3) is 0 Å². The molecule has 0 saturated carbocycles. The summed E-state index contributed by atoms with van der Waals surface area (Å²) in [5, 5.41) is 9.96. The molecule has 70 valence electrons. The Kier molecular flexibility index (Phi) is 4.58. The highest BCUT2D eigenvalue weighted by molar-refractivity contribution is 6.28. The van der Waals surface area contributed by atoms with Gasteiger partial charge in [-0.1, -0.05) is 13.8 Å². The molecule has 0 spiro atoms. The van der Waals surface area contributed by atoms with Gasteiger partial charge in [-0.05, 0) is 17.5 Å². The van der Waals surface area contributed by atoms with E-state index in [1.165, 1.54) is 0 Å². The topological polar surface area (TPSA) is 69.4 Å². The van der Waals surface area contributed by atoms with Crippen molar-refractivity contribution in [3.63, 3.8) is 0 Å². The second kappa shape index (κ2) is 4.92. The van der Waals surface area contributed by atoms with E-state index in [4.69, 9.17) is 11.6 Å². The number of rotatable bonds is 4. The third-order valence-corrected chi connectivity index (χ3v) is 1.28. The molecule has 12 heavy (non-hydrogen) atoms. The molecule has 0 amide bonds. The van der Waals surface area contributed by atoms with E-state index < -0.39 is 16.4 Å². The lowest BCUT2D eigenvalue weighted by Crippen LogP contribution is -2.26. The van der Waals surface area contributed by atoms with Crippen LogP contribution in [0.3, 0.4) is 0 Å². The first-order chi connectivity index (χ1) is 5.45. The van der Waals surface area contributed by atoms with Gasteiger partial charge in [-0.2, -0.15) is 0 Å². The molecule has 1 unspecified atom stereocenters. The summed E-state index contributed by atoms with van der Waals surface area (Å²) in [4.78, 5) is 19.8. The fraction of sp³-hybridized carbons (Fsp3) is 0.833. The Balaban J connectivity index is 3.80. The molecule has 5 nitrogen and oxygen atoms in total. The number of hydrogen-bond acceptors (Lipinski definition) is 4. The van der Waals surface area contributed by atoms with Gasteiger partial charge in [-0.15, -0.1) is 0 Å². The summed E-state index contributed by atoms with van der Waals surface area (Å²) in [6.45, 7) is 3.79. The van der Waals surface area contributed by atoms with Crippen molar-refractivity contribution in [3.8, 4) is 0 Å². The molecule has 0 heterocycles. The van der Waals surface area contributed by atoms with Crippen molar-refractivity contribution in [2.75, 3.05) is 6.61 Å². The Morgan fingerprint density at radius 1 is 1.67 bits per heavy atom. The minimum atomic E-state index is -1.79. The highest BCUT2D eigenvalue weighted by Gasteiger charge is 2.28. The lowest BCUT2D eigenvalue weighted by atomic mass is 10.2. The highest BCUT2D eigenvalue weighted by atomic mass is 35.5. The van der Waals surface area contributed by atoms with E-state index in [0.717, 1.165) is 0 Å². The highest BCUT2D eigenvalue weighted by Crippen LogP contribution is 2.01. The van der Waals surface area contributed by atoms with Crippen LogP contribution in [0, 0.1) is 16.0 Å². The van der Waals surface area contributed by atoms with Crippen molar-refractivity contribution in [1.29, 1.82) is 0 Å². The van der Waals surface area contributed by atoms with Crippen LogP contribution in [0.2, 0.25) is 0 Å². The zero-order valence-electron chi connectivity index (χ0n) is 6.82. The van der Waals surface area contributed by atoms with Crippen LogP contribution in [0.4, 0.5) is 0 Å². The summed E-state index contributed by atoms with van der Waals surface area (Å²) < 4.78 is 4.51. The molecule has 6 heteroatoms. The molecule has 0 bridgehead atoms. The number of alkyl halides is 1. The van der Waals surface area contributed by atoms with E-state index in [9.17, 15) is 14.9 Å². The van der Waals surface area contributed by atoms with Gasteiger partial charge >= 0.3 is 11.5 Å². The molecule has 0 aliphatic carbocycles. The standard InChI is InChI=1S/C6H10ClNO4/c1-4(2)3-12-6(9)5(7)8(10)11/h4-5H,3H2,1-2H3. The molecule has 1 atom stereocenters. The maximum Gasteiger partial charge on any atom is 0.398 e. The summed E-state index contributed by atoms with van der Waals surface area (Å²) in [6, 6.07) is 0. The normalized spacial score (nSPS) is 12.7. The molecule has 0 aromatic carbocycles. The van der Waals surface area contributed by atoms with Crippen LogP contribution in [0.5, 0.6) is 0 Å². The summed E-state index contributed by atoms with van der Waals surface area (Å²) in [5.74, 6) is -0.861. The first kappa shape index (κ1) is 11.2. The van der Waals surface area contributed by atoms with Crippen LogP contribution >= 0.6 is 11.6 Å². The number of halogens is 1. The van der Waals surface area contributed by atoms with Crippen LogP contribution in [-0.4, -0.2) is 23.0 Å². The second-order valence-electron chi connectivity index (χ2n) is 2.65. The van der Waals surface area contributed by atoms with Crippen LogP contribution in [0.15, 0.2) is 0 Å². The Hall–Kier alpha value is -0.840. The fourth-order valence-corrected chi connectivity index (χ4v) is 0.467. The molecule has 0 N–H and O–H groups in total. The Bertz CT molecular complexity index is 182. The quantitative estimate of drug-likeness (QED) is 0.221. The maximum atomic E-state index is 10.7. The smallest absolute Gasteiger partial charge is 0.398 e. The van der Waals surface area contributed by atoms with E-state index in [1.54, 1.807) is 0 Å². The zero-order chi connectivity index (χ0) is 9.72. The van der Waals surface area contributed by atoms with Crippen molar-refractivity contribution in [3.05, 3.63) is 10.1 Å². The number of hydrogen-bond donors (Lipinski definition) is 0. The third-order valence-electron chi connectivity index (χ3n) is 0.939.